The number of nitrogen functional groups attached to an aromatic ring is 1. The van der Waals surface area contributed by atoms with Crippen LogP contribution >= 0.6 is 0 Å². The highest BCUT2D eigenvalue weighted by molar-refractivity contribution is 5.99. The first-order valence-corrected chi connectivity index (χ1v) is 6.84. The summed E-state index contributed by atoms with van der Waals surface area (Å²) in [5.74, 6) is 0.0955. The van der Waals surface area contributed by atoms with Crippen molar-refractivity contribution < 1.29 is 4.79 Å². The van der Waals surface area contributed by atoms with Crippen molar-refractivity contribution in [3.05, 3.63) is 29.3 Å². The molecule has 3 nitrogen and oxygen atoms in total. The van der Waals surface area contributed by atoms with Crippen LogP contribution in [0.2, 0.25) is 0 Å². The summed E-state index contributed by atoms with van der Waals surface area (Å²) in [4.78, 5) is 14.4. The summed E-state index contributed by atoms with van der Waals surface area (Å²) in [6.45, 7) is 3.68. The quantitative estimate of drug-likeness (QED) is 0.774. The summed E-state index contributed by atoms with van der Waals surface area (Å²) in [5.41, 5.74) is 8.28. The van der Waals surface area contributed by atoms with E-state index in [0.29, 0.717) is 11.3 Å². The van der Waals surface area contributed by atoms with Gasteiger partial charge in [0.2, 0.25) is 0 Å². The van der Waals surface area contributed by atoms with Gasteiger partial charge in [0, 0.05) is 18.8 Å². The van der Waals surface area contributed by atoms with Crippen molar-refractivity contribution in [1.82, 2.24) is 4.90 Å². The number of rotatable bonds is 1. The fourth-order valence-electron chi connectivity index (χ4n) is 2.49. The van der Waals surface area contributed by atoms with E-state index in [1.165, 1.54) is 19.3 Å². The first-order valence-electron chi connectivity index (χ1n) is 6.84. The molecule has 18 heavy (non-hydrogen) atoms. The number of likely N-dealkylation sites (tertiary alicyclic amines) is 1. The Morgan fingerprint density at radius 3 is 2.39 bits per heavy atom. The van der Waals surface area contributed by atoms with Gasteiger partial charge in [0.05, 0.1) is 5.56 Å². The molecule has 1 saturated heterocycles. The van der Waals surface area contributed by atoms with Crippen molar-refractivity contribution in [2.75, 3.05) is 18.8 Å². The summed E-state index contributed by atoms with van der Waals surface area (Å²) in [5, 5.41) is 0. The number of amides is 1. The standard InChI is InChI=1S/C15H22N2O/c1-12-8-7-9-13(14(12)16)15(18)17-10-5-3-2-4-6-11-17/h7-9H,2-6,10-11,16H2,1H3. The molecule has 1 aliphatic rings. The maximum Gasteiger partial charge on any atom is 0.255 e. The molecule has 1 aliphatic heterocycles. The Labute approximate surface area is 109 Å². The molecule has 1 aromatic carbocycles. The molecule has 0 saturated carbocycles. The topological polar surface area (TPSA) is 46.3 Å². The van der Waals surface area contributed by atoms with Crippen molar-refractivity contribution in [1.29, 1.82) is 0 Å². The average Bonchev–Trinajstić information content (AvgIpc) is 2.31. The molecule has 0 spiro atoms. The lowest BCUT2D eigenvalue weighted by Crippen LogP contribution is -2.34. The number of carbonyl (C=O) groups is 1. The van der Waals surface area contributed by atoms with Crippen LogP contribution in [-0.2, 0) is 0 Å². The lowest BCUT2D eigenvalue weighted by atomic mass is 10.0. The van der Waals surface area contributed by atoms with E-state index in [1.54, 1.807) is 0 Å². The van der Waals surface area contributed by atoms with Crippen LogP contribution in [0.1, 0.15) is 48.0 Å². The molecule has 0 aromatic heterocycles. The van der Waals surface area contributed by atoms with Gasteiger partial charge in [-0.25, -0.2) is 0 Å². The van der Waals surface area contributed by atoms with Gasteiger partial charge in [-0.1, -0.05) is 31.4 Å². The number of anilines is 1. The van der Waals surface area contributed by atoms with Crippen LogP contribution in [0.5, 0.6) is 0 Å². The van der Waals surface area contributed by atoms with Gasteiger partial charge in [-0.15, -0.1) is 0 Å². The molecular weight excluding hydrogens is 224 g/mol. The SMILES string of the molecule is Cc1cccc(C(=O)N2CCCCCCC2)c1N. The van der Waals surface area contributed by atoms with Crippen molar-refractivity contribution in [3.63, 3.8) is 0 Å². The molecule has 2 rings (SSSR count). The summed E-state index contributed by atoms with van der Waals surface area (Å²) < 4.78 is 0. The number of nitrogens with zero attached hydrogens (tertiary/aromatic N) is 1. The predicted octanol–water partition coefficient (Wildman–Crippen LogP) is 2.98. The Kier molecular flexibility index (Phi) is 4.24. The third-order valence-corrected chi connectivity index (χ3v) is 3.70. The highest BCUT2D eigenvalue weighted by atomic mass is 16.2. The minimum absolute atomic E-state index is 0.0955. The van der Waals surface area contributed by atoms with Gasteiger partial charge in [-0.05, 0) is 31.4 Å². The van der Waals surface area contributed by atoms with Gasteiger partial charge in [-0.3, -0.25) is 4.79 Å². The number of benzene rings is 1. The second-order valence-electron chi connectivity index (χ2n) is 5.10. The van der Waals surface area contributed by atoms with E-state index < -0.39 is 0 Å². The van der Waals surface area contributed by atoms with E-state index in [4.69, 9.17) is 5.73 Å². The smallest absolute Gasteiger partial charge is 0.255 e. The first kappa shape index (κ1) is 12.9. The number of hydrogen-bond donors (Lipinski definition) is 1. The summed E-state index contributed by atoms with van der Waals surface area (Å²) in [6.07, 6.45) is 5.98. The average molecular weight is 246 g/mol. The third-order valence-electron chi connectivity index (χ3n) is 3.70. The molecular formula is C15H22N2O. The van der Waals surface area contributed by atoms with Gasteiger partial charge in [0.25, 0.3) is 5.91 Å². The van der Waals surface area contributed by atoms with E-state index in [-0.39, 0.29) is 5.91 Å². The van der Waals surface area contributed by atoms with Crippen LogP contribution in [0.15, 0.2) is 18.2 Å². The van der Waals surface area contributed by atoms with Crippen molar-refractivity contribution in [3.8, 4) is 0 Å². The fraction of sp³-hybridized carbons (Fsp3) is 0.533. The molecule has 0 radical (unpaired) electrons. The molecule has 1 amide bonds. The Morgan fingerprint density at radius 1 is 1.11 bits per heavy atom. The number of carbonyl (C=O) groups excluding carboxylic acids is 1. The number of aryl methyl sites for hydroxylation is 1. The predicted molar refractivity (Wildman–Crippen MR) is 74.6 cm³/mol. The maximum absolute atomic E-state index is 12.5. The van der Waals surface area contributed by atoms with Crippen LogP contribution in [0.3, 0.4) is 0 Å². The minimum atomic E-state index is 0.0955. The molecule has 0 bridgehead atoms. The zero-order valence-corrected chi connectivity index (χ0v) is 11.1. The maximum atomic E-state index is 12.5. The lowest BCUT2D eigenvalue weighted by molar-refractivity contribution is 0.0743. The molecule has 0 unspecified atom stereocenters. The van der Waals surface area contributed by atoms with Crippen LogP contribution in [0.4, 0.5) is 5.69 Å². The van der Waals surface area contributed by atoms with Gasteiger partial charge >= 0.3 is 0 Å². The summed E-state index contributed by atoms with van der Waals surface area (Å²) in [7, 11) is 0. The molecule has 1 aromatic rings. The number of hydrogen-bond acceptors (Lipinski definition) is 2. The number of para-hydroxylation sites is 1. The zero-order valence-electron chi connectivity index (χ0n) is 11.1. The lowest BCUT2D eigenvalue weighted by Gasteiger charge is -2.25. The Hall–Kier alpha value is -1.51. The van der Waals surface area contributed by atoms with Crippen molar-refractivity contribution in [2.45, 2.75) is 39.0 Å². The van der Waals surface area contributed by atoms with Gasteiger partial charge in [-0.2, -0.15) is 0 Å². The highest BCUT2D eigenvalue weighted by Crippen LogP contribution is 2.20. The Morgan fingerprint density at radius 2 is 1.72 bits per heavy atom. The first-order chi connectivity index (χ1) is 8.70. The second kappa shape index (κ2) is 5.89. The summed E-state index contributed by atoms with van der Waals surface area (Å²) >= 11 is 0. The third kappa shape index (κ3) is 2.84. The van der Waals surface area contributed by atoms with Crippen LogP contribution in [0, 0.1) is 6.92 Å². The molecule has 1 fully saturated rings. The normalized spacial score (nSPS) is 17.1. The molecule has 98 valence electrons. The van der Waals surface area contributed by atoms with Crippen LogP contribution in [0.25, 0.3) is 0 Å². The summed E-state index contributed by atoms with van der Waals surface area (Å²) in [6, 6.07) is 5.69. The Bertz CT molecular complexity index is 421. The van der Waals surface area contributed by atoms with Crippen molar-refractivity contribution in [2.24, 2.45) is 0 Å². The van der Waals surface area contributed by atoms with Gasteiger partial charge < -0.3 is 10.6 Å². The van der Waals surface area contributed by atoms with E-state index in [0.717, 1.165) is 31.5 Å². The van der Waals surface area contributed by atoms with E-state index in [1.807, 2.05) is 30.0 Å². The highest BCUT2D eigenvalue weighted by Gasteiger charge is 2.19. The van der Waals surface area contributed by atoms with Gasteiger partial charge in [0.15, 0.2) is 0 Å². The molecule has 2 N–H and O–H groups in total. The molecule has 0 atom stereocenters. The van der Waals surface area contributed by atoms with Crippen molar-refractivity contribution >= 4 is 11.6 Å². The minimum Gasteiger partial charge on any atom is -0.398 e. The Balaban J connectivity index is 2.16. The van der Waals surface area contributed by atoms with E-state index in [2.05, 4.69) is 0 Å². The van der Waals surface area contributed by atoms with Crippen LogP contribution in [-0.4, -0.2) is 23.9 Å². The van der Waals surface area contributed by atoms with Crippen LogP contribution < -0.4 is 5.73 Å². The largest absolute Gasteiger partial charge is 0.398 e. The second-order valence-corrected chi connectivity index (χ2v) is 5.10. The van der Waals surface area contributed by atoms with E-state index in [9.17, 15) is 4.79 Å². The zero-order chi connectivity index (χ0) is 13.0. The molecule has 0 aliphatic carbocycles. The monoisotopic (exact) mass is 246 g/mol. The number of nitrogens with two attached hydrogens (primary N) is 1. The fourth-order valence-corrected chi connectivity index (χ4v) is 2.49. The molecule has 1 heterocycles. The molecule has 3 heteroatoms. The van der Waals surface area contributed by atoms with Gasteiger partial charge in [0.1, 0.15) is 0 Å². The van der Waals surface area contributed by atoms with E-state index >= 15 is 0 Å².